The van der Waals surface area contributed by atoms with Gasteiger partial charge in [0.25, 0.3) is 5.91 Å². The van der Waals surface area contributed by atoms with Crippen molar-refractivity contribution in [2.45, 2.75) is 6.54 Å². The van der Waals surface area contributed by atoms with Crippen molar-refractivity contribution in [2.24, 2.45) is 0 Å². The van der Waals surface area contributed by atoms with Crippen LogP contribution in [0.25, 0.3) is 0 Å². The van der Waals surface area contributed by atoms with Crippen molar-refractivity contribution in [1.82, 2.24) is 10.2 Å². The van der Waals surface area contributed by atoms with E-state index in [0.717, 1.165) is 17.0 Å². The number of hydrogen-bond acceptors (Lipinski definition) is 3. The molecule has 1 saturated heterocycles. The second-order valence-corrected chi connectivity index (χ2v) is 6.70. The summed E-state index contributed by atoms with van der Waals surface area (Å²) in [5.74, 6) is 0.662. The summed E-state index contributed by atoms with van der Waals surface area (Å²) in [7, 11) is 0. The molecular formula is C19H18ClN3O3. The van der Waals surface area contributed by atoms with Gasteiger partial charge in [0.15, 0.2) is 0 Å². The third kappa shape index (κ3) is 3.20. The molecule has 2 aliphatic heterocycles. The van der Waals surface area contributed by atoms with Crippen LogP contribution in [0.1, 0.15) is 15.9 Å². The van der Waals surface area contributed by atoms with Gasteiger partial charge in [-0.05, 0) is 36.4 Å². The summed E-state index contributed by atoms with van der Waals surface area (Å²) in [5, 5.41) is 3.38. The molecule has 1 N–H and O–H groups in total. The number of amides is 3. The van der Waals surface area contributed by atoms with Crippen LogP contribution in [0.2, 0.25) is 5.02 Å². The normalized spacial score (nSPS) is 16.6. The molecule has 2 aliphatic rings. The van der Waals surface area contributed by atoms with E-state index in [9.17, 15) is 9.59 Å². The summed E-state index contributed by atoms with van der Waals surface area (Å²) in [5.41, 5.74) is 2.16. The zero-order chi connectivity index (χ0) is 18.1. The summed E-state index contributed by atoms with van der Waals surface area (Å²) in [6.45, 7) is 2.55. The van der Waals surface area contributed by atoms with E-state index in [0.29, 0.717) is 43.4 Å². The molecule has 2 aromatic rings. The van der Waals surface area contributed by atoms with Crippen molar-refractivity contribution in [1.29, 1.82) is 0 Å². The smallest absolute Gasteiger partial charge is 0.321 e. The number of carbonyl (C=O) groups is 2. The Hall–Kier alpha value is -2.73. The fourth-order valence-corrected chi connectivity index (χ4v) is 3.44. The molecule has 0 spiro atoms. The fourth-order valence-electron chi connectivity index (χ4n) is 3.24. The van der Waals surface area contributed by atoms with E-state index >= 15 is 0 Å². The Morgan fingerprint density at radius 2 is 2.04 bits per heavy atom. The average Bonchev–Trinajstić information content (AvgIpc) is 2.96. The highest BCUT2D eigenvalue weighted by molar-refractivity contribution is 6.30. The van der Waals surface area contributed by atoms with Crippen molar-refractivity contribution in [3.05, 3.63) is 58.6 Å². The number of carbonyl (C=O) groups excluding carboxylic acids is 2. The van der Waals surface area contributed by atoms with Gasteiger partial charge >= 0.3 is 6.03 Å². The van der Waals surface area contributed by atoms with Crippen molar-refractivity contribution < 1.29 is 14.3 Å². The molecule has 1 fully saturated rings. The second-order valence-electron chi connectivity index (χ2n) is 6.26. The quantitative estimate of drug-likeness (QED) is 0.883. The first kappa shape index (κ1) is 16.7. The number of hydrogen-bond donors (Lipinski definition) is 1. The van der Waals surface area contributed by atoms with Gasteiger partial charge in [0.1, 0.15) is 12.4 Å². The lowest BCUT2D eigenvalue weighted by Crippen LogP contribution is -2.33. The molecule has 0 bridgehead atoms. The first-order valence-corrected chi connectivity index (χ1v) is 8.85. The molecular weight excluding hydrogens is 354 g/mol. The van der Waals surface area contributed by atoms with E-state index in [1.807, 2.05) is 18.2 Å². The van der Waals surface area contributed by atoms with Gasteiger partial charge in [-0.3, -0.25) is 9.69 Å². The van der Waals surface area contributed by atoms with Gasteiger partial charge in [-0.25, -0.2) is 4.79 Å². The predicted molar refractivity (Wildman–Crippen MR) is 98.9 cm³/mol. The van der Waals surface area contributed by atoms with Gasteiger partial charge in [-0.1, -0.05) is 17.7 Å². The van der Waals surface area contributed by atoms with Crippen molar-refractivity contribution >= 4 is 29.2 Å². The Bertz CT molecular complexity index is 871. The summed E-state index contributed by atoms with van der Waals surface area (Å²) < 4.78 is 5.73. The van der Waals surface area contributed by atoms with Crippen LogP contribution < -0.4 is 15.0 Å². The lowest BCUT2D eigenvalue weighted by Gasteiger charge is -2.21. The minimum absolute atomic E-state index is 0.0946. The van der Waals surface area contributed by atoms with Gasteiger partial charge in [-0.15, -0.1) is 0 Å². The number of ether oxygens (including phenoxy) is 1. The van der Waals surface area contributed by atoms with Gasteiger partial charge in [0, 0.05) is 41.5 Å². The number of halogens is 1. The second kappa shape index (κ2) is 6.88. The molecule has 0 aromatic heterocycles. The van der Waals surface area contributed by atoms with Crippen LogP contribution in [0.3, 0.4) is 0 Å². The van der Waals surface area contributed by atoms with Crippen molar-refractivity contribution in [3.8, 4) is 5.75 Å². The Morgan fingerprint density at radius 1 is 1.15 bits per heavy atom. The molecule has 7 heteroatoms. The number of urea groups is 1. The van der Waals surface area contributed by atoms with Crippen LogP contribution in [0.15, 0.2) is 42.5 Å². The number of anilines is 1. The average molecular weight is 372 g/mol. The molecule has 0 radical (unpaired) electrons. The first-order valence-electron chi connectivity index (χ1n) is 8.48. The maximum atomic E-state index is 13.0. The lowest BCUT2D eigenvalue weighted by molar-refractivity contribution is 0.0733. The Kier molecular flexibility index (Phi) is 4.42. The van der Waals surface area contributed by atoms with Crippen LogP contribution in [0, 0.1) is 0 Å². The topological polar surface area (TPSA) is 61.9 Å². The van der Waals surface area contributed by atoms with E-state index < -0.39 is 0 Å². The molecule has 26 heavy (non-hydrogen) atoms. The van der Waals surface area contributed by atoms with Crippen molar-refractivity contribution in [2.75, 3.05) is 31.1 Å². The number of rotatable bonds is 2. The van der Waals surface area contributed by atoms with Crippen LogP contribution in [0.5, 0.6) is 5.75 Å². The summed E-state index contributed by atoms with van der Waals surface area (Å²) in [6, 6.07) is 12.5. The summed E-state index contributed by atoms with van der Waals surface area (Å²) in [6.07, 6.45) is 0. The maximum Gasteiger partial charge on any atom is 0.321 e. The van der Waals surface area contributed by atoms with Crippen molar-refractivity contribution in [3.63, 3.8) is 0 Å². The molecule has 6 nitrogen and oxygen atoms in total. The highest BCUT2D eigenvalue weighted by atomic mass is 35.5. The Morgan fingerprint density at radius 3 is 2.85 bits per heavy atom. The number of nitrogens with zero attached hydrogens (tertiary/aromatic N) is 2. The Balaban J connectivity index is 1.58. The van der Waals surface area contributed by atoms with Gasteiger partial charge < -0.3 is 15.0 Å². The van der Waals surface area contributed by atoms with Crippen LogP contribution in [0.4, 0.5) is 10.5 Å². The largest absolute Gasteiger partial charge is 0.491 e. The molecule has 0 aliphatic carbocycles. The number of fused-ring (bicyclic) bond motifs is 1. The minimum atomic E-state index is -0.138. The molecule has 2 aromatic carbocycles. The molecule has 0 unspecified atom stereocenters. The third-order valence-corrected chi connectivity index (χ3v) is 4.79. The highest BCUT2D eigenvalue weighted by Gasteiger charge is 2.24. The number of nitrogens with one attached hydrogen (secondary N) is 1. The molecule has 4 rings (SSSR count). The standard InChI is InChI=1S/C19H18ClN3O3/c20-15-4-5-17-14(10-15)12-22(8-9-26-17)18(24)13-2-1-3-16(11-13)23-7-6-21-19(23)25/h1-5,10-11H,6-9,12H2,(H,21,25). The molecule has 0 atom stereocenters. The van der Waals surface area contributed by atoms with Crippen LogP contribution >= 0.6 is 11.6 Å². The minimum Gasteiger partial charge on any atom is -0.491 e. The third-order valence-electron chi connectivity index (χ3n) is 4.55. The van der Waals surface area contributed by atoms with Crippen LogP contribution in [-0.4, -0.2) is 43.1 Å². The molecule has 2 heterocycles. The first-order chi connectivity index (χ1) is 12.6. The van der Waals surface area contributed by atoms with E-state index in [1.54, 1.807) is 34.1 Å². The molecule has 3 amide bonds. The lowest BCUT2D eigenvalue weighted by atomic mass is 10.1. The predicted octanol–water partition coefficient (Wildman–Crippen LogP) is 2.90. The fraction of sp³-hybridized carbons (Fsp3) is 0.263. The van der Waals surface area contributed by atoms with Crippen LogP contribution in [-0.2, 0) is 6.54 Å². The monoisotopic (exact) mass is 371 g/mol. The summed E-state index contributed by atoms with van der Waals surface area (Å²) in [4.78, 5) is 28.3. The van der Waals surface area contributed by atoms with Gasteiger partial charge in [0.05, 0.1) is 6.54 Å². The maximum absolute atomic E-state index is 13.0. The SMILES string of the molecule is O=C(c1cccc(N2CCNC2=O)c1)N1CCOc2ccc(Cl)cc2C1. The highest BCUT2D eigenvalue weighted by Crippen LogP contribution is 2.27. The summed E-state index contributed by atoms with van der Waals surface area (Å²) >= 11 is 6.08. The zero-order valence-corrected chi connectivity index (χ0v) is 14.8. The van der Waals surface area contributed by atoms with E-state index in [-0.39, 0.29) is 11.9 Å². The van der Waals surface area contributed by atoms with E-state index in [2.05, 4.69) is 5.32 Å². The zero-order valence-electron chi connectivity index (χ0n) is 14.1. The number of benzene rings is 2. The van der Waals surface area contributed by atoms with Gasteiger partial charge in [0.2, 0.25) is 0 Å². The van der Waals surface area contributed by atoms with E-state index in [1.165, 1.54) is 0 Å². The molecule has 134 valence electrons. The van der Waals surface area contributed by atoms with Gasteiger partial charge in [-0.2, -0.15) is 0 Å². The van der Waals surface area contributed by atoms with E-state index in [4.69, 9.17) is 16.3 Å². The molecule has 0 saturated carbocycles. The Labute approximate surface area is 156 Å².